The van der Waals surface area contributed by atoms with Crippen molar-refractivity contribution in [2.24, 2.45) is 11.3 Å². The Bertz CT molecular complexity index is 377. The molecule has 0 unspecified atom stereocenters. The molecule has 0 N–H and O–H groups in total. The molecule has 0 amide bonds. The van der Waals surface area contributed by atoms with E-state index in [2.05, 4.69) is 65.5 Å². The predicted octanol–water partition coefficient (Wildman–Crippen LogP) is 5.86. The van der Waals surface area contributed by atoms with Crippen LogP contribution in [0.1, 0.15) is 58.1 Å². The third kappa shape index (κ3) is 3.25. The lowest BCUT2D eigenvalue weighted by atomic mass is 9.68. The fourth-order valence-electron chi connectivity index (χ4n) is 2.84. The van der Waals surface area contributed by atoms with Crippen LogP contribution in [0.3, 0.4) is 0 Å². The van der Waals surface area contributed by atoms with E-state index in [0.29, 0.717) is 11.3 Å². The lowest BCUT2D eigenvalue weighted by Gasteiger charge is -2.37. The molecule has 0 nitrogen and oxygen atoms in total. The summed E-state index contributed by atoms with van der Waals surface area (Å²) in [6, 6.07) is 8.76. The summed E-state index contributed by atoms with van der Waals surface area (Å²) in [7, 11) is 0. The van der Waals surface area contributed by atoms with E-state index in [1.54, 1.807) is 0 Å². The summed E-state index contributed by atoms with van der Waals surface area (Å²) < 4.78 is 0. The minimum atomic E-state index is 0.405. The molecule has 100 valence electrons. The monoisotopic (exact) mass is 244 g/mol. The van der Waals surface area contributed by atoms with Crippen LogP contribution in [0.2, 0.25) is 0 Å². The van der Waals surface area contributed by atoms with Gasteiger partial charge in [-0.3, -0.25) is 0 Å². The maximum Gasteiger partial charge on any atom is -0.0220 e. The Balaban J connectivity index is 2.88. The van der Waals surface area contributed by atoms with Crippen LogP contribution >= 0.6 is 0 Å². The Labute approximate surface area is 113 Å². The van der Waals surface area contributed by atoms with E-state index in [1.165, 1.54) is 29.5 Å². The summed E-state index contributed by atoms with van der Waals surface area (Å²) in [5.41, 5.74) is 4.30. The molecule has 1 aromatic rings. The molecule has 0 heterocycles. The molecular formula is C18H28. The van der Waals surface area contributed by atoms with E-state index in [1.807, 2.05) is 0 Å². The van der Waals surface area contributed by atoms with Crippen LogP contribution in [-0.2, 0) is 0 Å². The Morgan fingerprint density at radius 2 is 1.61 bits per heavy atom. The van der Waals surface area contributed by atoms with Crippen LogP contribution in [0, 0.1) is 18.3 Å². The highest BCUT2D eigenvalue weighted by Crippen LogP contribution is 2.42. The van der Waals surface area contributed by atoms with E-state index in [9.17, 15) is 0 Å². The van der Waals surface area contributed by atoms with Crippen LogP contribution in [-0.4, -0.2) is 0 Å². The van der Waals surface area contributed by atoms with E-state index in [4.69, 9.17) is 0 Å². The average Bonchev–Trinajstić information content (AvgIpc) is 2.36. The van der Waals surface area contributed by atoms with Gasteiger partial charge in [-0.15, -0.1) is 0 Å². The quantitative estimate of drug-likeness (QED) is 0.588. The van der Waals surface area contributed by atoms with Gasteiger partial charge in [0.2, 0.25) is 0 Å². The van der Waals surface area contributed by atoms with Gasteiger partial charge in [0.1, 0.15) is 0 Å². The first-order valence-corrected chi connectivity index (χ1v) is 7.20. The summed E-state index contributed by atoms with van der Waals surface area (Å²) in [5, 5.41) is 0. The number of benzene rings is 1. The van der Waals surface area contributed by atoms with Crippen molar-refractivity contribution in [1.82, 2.24) is 0 Å². The first kappa shape index (κ1) is 15.0. The Morgan fingerprint density at radius 3 is 2.00 bits per heavy atom. The molecule has 0 bridgehead atoms. The zero-order valence-electron chi connectivity index (χ0n) is 12.7. The molecule has 0 aliphatic rings. The van der Waals surface area contributed by atoms with E-state index in [-0.39, 0.29) is 0 Å². The average molecular weight is 244 g/mol. The minimum absolute atomic E-state index is 0.405. The smallest absolute Gasteiger partial charge is 0.0220 e. The molecule has 0 fully saturated rings. The lowest BCUT2D eigenvalue weighted by Crippen LogP contribution is -2.26. The number of hydrogen-bond donors (Lipinski definition) is 0. The topological polar surface area (TPSA) is 0 Å². The summed E-state index contributed by atoms with van der Waals surface area (Å²) in [6.07, 6.45) is 3.57. The molecule has 0 radical (unpaired) electrons. The second-order valence-electron chi connectivity index (χ2n) is 5.87. The third-order valence-corrected chi connectivity index (χ3v) is 4.66. The Kier molecular flexibility index (Phi) is 5.19. The van der Waals surface area contributed by atoms with Crippen molar-refractivity contribution in [1.29, 1.82) is 0 Å². The largest absolute Gasteiger partial charge is 0.0952 e. The highest BCUT2D eigenvalue weighted by atomic mass is 14.3. The SMILES string of the molecule is C=C(CC(CC)(CC)C(C)C)c1ccc(C)cc1. The highest BCUT2D eigenvalue weighted by Gasteiger charge is 2.30. The van der Waals surface area contributed by atoms with Gasteiger partial charge >= 0.3 is 0 Å². The van der Waals surface area contributed by atoms with Gasteiger partial charge in [0.25, 0.3) is 0 Å². The Morgan fingerprint density at radius 1 is 1.11 bits per heavy atom. The molecule has 0 aliphatic heterocycles. The number of allylic oxidation sites excluding steroid dienone is 1. The van der Waals surface area contributed by atoms with Gasteiger partial charge in [-0.25, -0.2) is 0 Å². The molecule has 0 heteroatoms. The molecule has 0 aromatic heterocycles. The summed E-state index contributed by atoms with van der Waals surface area (Å²) in [5.74, 6) is 0.703. The van der Waals surface area contributed by atoms with Crippen LogP contribution in [0.4, 0.5) is 0 Å². The minimum Gasteiger partial charge on any atom is -0.0952 e. The molecular weight excluding hydrogens is 216 g/mol. The molecule has 0 spiro atoms. The maximum absolute atomic E-state index is 4.32. The second kappa shape index (κ2) is 6.22. The van der Waals surface area contributed by atoms with Crippen molar-refractivity contribution in [3.8, 4) is 0 Å². The van der Waals surface area contributed by atoms with Gasteiger partial charge in [0.05, 0.1) is 0 Å². The molecule has 0 aliphatic carbocycles. The fourth-order valence-corrected chi connectivity index (χ4v) is 2.84. The van der Waals surface area contributed by atoms with Crippen LogP contribution in [0.15, 0.2) is 30.8 Å². The maximum atomic E-state index is 4.32. The normalized spacial score (nSPS) is 11.9. The summed E-state index contributed by atoms with van der Waals surface area (Å²) >= 11 is 0. The first-order valence-electron chi connectivity index (χ1n) is 7.20. The van der Waals surface area contributed by atoms with Crippen LogP contribution < -0.4 is 0 Å². The molecule has 0 atom stereocenters. The molecule has 1 rings (SSSR count). The number of aryl methyl sites for hydroxylation is 1. The van der Waals surface area contributed by atoms with Gasteiger partial charge in [0.15, 0.2) is 0 Å². The van der Waals surface area contributed by atoms with Crippen LogP contribution in [0.5, 0.6) is 0 Å². The lowest BCUT2D eigenvalue weighted by molar-refractivity contribution is 0.177. The van der Waals surface area contributed by atoms with Gasteiger partial charge in [-0.2, -0.15) is 0 Å². The molecule has 0 saturated carbocycles. The van der Waals surface area contributed by atoms with E-state index >= 15 is 0 Å². The second-order valence-corrected chi connectivity index (χ2v) is 5.87. The first-order chi connectivity index (χ1) is 8.45. The highest BCUT2D eigenvalue weighted by molar-refractivity contribution is 5.64. The van der Waals surface area contributed by atoms with E-state index < -0.39 is 0 Å². The molecule has 1 aromatic carbocycles. The Hall–Kier alpha value is -1.04. The fraction of sp³-hybridized carbons (Fsp3) is 0.556. The van der Waals surface area contributed by atoms with Crippen molar-refractivity contribution >= 4 is 5.57 Å². The summed E-state index contributed by atoms with van der Waals surface area (Å²) in [6.45, 7) is 15.8. The van der Waals surface area contributed by atoms with Gasteiger partial charge in [-0.1, -0.05) is 64.1 Å². The van der Waals surface area contributed by atoms with Crippen molar-refractivity contribution in [2.75, 3.05) is 0 Å². The van der Waals surface area contributed by atoms with Gasteiger partial charge in [-0.05, 0) is 48.7 Å². The zero-order chi connectivity index (χ0) is 13.8. The third-order valence-electron chi connectivity index (χ3n) is 4.66. The van der Waals surface area contributed by atoms with Gasteiger partial charge < -0.3 is 0 Å². The zero-order valence-corrected chi connectivity index (χ0v) is 12.7. The number of rotatable bonds is 6. The predicted molar refractivity (Wildman–Crippen MR) is 82.7 cm³/mol. The van der Waals surface area contributed by atoms with Crippen molar-refractivity contribution < 1.29 is 0 Å². The van der Waals surface area contributed by atoms with E-state index in [0.717, 1.165) is 6.42 Å². The summed E-state index contributed by atoms with van der Waals surface area (Å²) in [4.78, 5) is 0. The molecule has 0 saturated heterocycles. The molecule has 18 heavy (non-hydrogen) atoms. The van der Waals surface area contributed by atoms with Crippen molar-refractivity contribution in [3.05, 3.63) is 42.0 Å². The number of hydrogen-bond acceptors (Lipinski definition) is 0. The van der Waals surface area contributed by atoms with Gasteiger partial charge in [0, 0.05) is 0 Å². The van der Waals surface area contributed by atoms with Crippen molar-refractivity contribution in [3.63, 3.8) is 0 Å². The standard InChI is InChI=1S/C18H28/c1-7-18(8-2,14(3)4)13-16(6)17-11-9-15(5)10-12-17/h9-12,14H,6-8,13H2,1-5H3. The van der Waals surface area contributed by atoms with Crippen molar-refractivity contribution in [2.45, 2.75) is 53.9 Å². The van der Waals surface area contributed by atoms with Crippen LogP contribution in [0.25, 0.3) is 5.57 Å².